The minimum Gasteiger partial charge on any atom is -0.493 e. The van der Waals surface area contributed by atoms with Crippen LogP contribution in [0.5, 0.6) is 17.2 Å². The Hall–Kier alpha value is -3.55. The smallest absolute Gasteiger partial charge is 0.336 e. The lowest BCUT2D eigenvalue weighted by Gasteiger charge is -2.37. The average molecular weight is 453 g/mol. The van der Waals surface area contributed by atoms with Gasteiger partial charge in [-0.15, -0.1) is 0 Å². The van der Waals surface area contributed by atoms with Crippen molar-refractivity contribution in [2.75, 3.05) is 27.9 Å². The van der Waals surface area contributed by atoms with Gasteiger partial charge < -0.3 is 29.2 Å². The molecule has 33 heavy (non-hydrogen) atoms. The third-order valence-corrected chi connectivity index (χ3v) is 5.47. The molecule has 0 aromatic heterocycles. The average Bonchev–Trinajstić information content (AvgIpc) is 2.86. The molecule has 0 heterocycles. The molecule has 3 aromatic rings. The number of hydrogen-bond donors (Lipinski definition) is 2. The summed E-state index contributed by atoms with van der Waals surface area (Å²) in [5, 5.41) is 20.7. The molecule has 3 aromatic carbocycles. The molecule has 0 fully saturated rings. The summed E-state index contributed by atoms with van der Waals surface area (Å²) in [5.41, 5.74) is 0.311. The van der Waals surface area contributed by atoms with Crippen LogP contribution in [0.15, 0.2) is 72.8 Å². The molecule has 0 aliphatic carbocycles. The molecule has 174 valence electrons. The van der Waals surface area contributed by atoms with Gasteiger partial charge in [0, 0.05) is 0 Å². The molecule has 1 unspecified atom stereocenters. The Morgan fingerprint density at radius 1 is 0.848 bits per heavy atom. The second-order valence-corrected chi connectivity index (χ2v) is 7.34. The van der Waals surface area contributed by atoms with E-state index < -0.39 is 17.7 Å². The molecule has 0 amide bonds. The van der Waals surface area contributed by atoms with Crippen molar-refractivity contribution in [2.24, 2.45) is 0 Å². The number of carboxylic acids is 1. The highest BCUT2D eigenvalue weighted by molar-refractivity contribution is 5.75. The van der Waals surface area contributed by atoms with Gasteiger partial charge in [0.25, 0.3) is 0 Å². The van der Waals surface area contributed by atoms with Crippen LogP contribution in [0, 0.1) is 0 Å². The molecule has 2 N–H and O–H groups in total. The third kappa shape index (κ3) is 4.94. The Morgan fingerprint density at radius 3 is 1.73 bits per heavy atom. The standard InChI is InChI=1S/C26H28O7/c1-30-21-16-18(17-22(31-2)23(21)32-3)14-15-33-26(24(27)25(28)29,19-10-6-4-7-11-19)20-12-8-5-9-13-20/h4-13,16-17,24,27H,14-15H2,1-3H3,(H,28,29). The summed E-state index contributed by atoms with van der Waals surface area (Å²) in [5.74, 6) is 0.119. The number of carbonyl (C=O) groups is 1. The van der Waals surface area contributed by atoms with E-state index in [0.29, 0.717) is 34.8 Å². The number of methoxy groups -OCH3 is 3. The fraction of sp³-hybridized carbons (Fsp3) is 0.269. The van der Waals surface area contributed by atoms with Gasteiger partial charge in [0.1, 0.15) is 0 Å². The maximum atomic E-state index is 12.0. The van der Waals surface area contributed by atoms with E-state index in [9.17, 15) is 15.0 Å². The largest absolute Gasteiger partial charge is 0.493 e. The van der Waals surface area contributed by atoms with Gasteiger partial charge in [0.05, 0.1) is 27.9 Å². The number of rotatable bonds is 11. The van der Waals surface area contributed by atoms with E-state index in [1.54, 1.807) is 48.5 Å². The first-order chi connectivity index (χ1) is 16.0. The van der Waals surface area contributed by atoms with Crippen LogP contribution in [0.4, 0.5) is 0 Å². The van der Waals surface area contributed by atoms with E-state index in [4.69, 9.17) is 18.9 Å². The number of aliphatic hydroxyl groups excluding tert-OH is 1. The first kappa shape index (κ1) is 24.1. The Balaban J connectivity index is 1.99. The third-order valence-electron chi connectivity index (χ3n) is 5.47. The molecule has 0 bridgehead atoms. The van der Waals surface area contributed by atoms with Crippen molar-refractivity contribution in [1.29, 1.82) is 0 Å². The van der Waals surface area contributed by atoms with E-state index in [2.05, 4.69) is 0 Å². The minimum absolute atomic E-state index is 0.118. The number of hydrogen-bond acceptors (Lipinski definition) is 6. The normalized spacial score (nSPS) is 12.1. The van der Waals surface area contributed by atoms with Crippen molar-refractivity contribution in [3.8, 4) is 17.2 Å². The lowest BCUT2D eigenvalue weighted by atomic mass is 9.81. The van der Waals surface area contributed by atoms with Crippen LogP contribution in [0.2, 0.25) is 0 Å². The van der Waals surface area contributed by atoms with Gasteiger partial charge in [-0.1, -0.05) is 60.7 Å². The van der Waals surface area contributed by atoms with Crippen LogP contribution in [-0.2, 0) is 21.6 Å². The zero-order valence-electron chi connectivity index (χ0n) is 18.9. The van der Waals surface area contributed by atoms with Crippen LogP contribution in [0.1, 0.15) is 16.7 Å². The topological polar surface area (TPSA) is 94.5 Å². The first-order valence-corrected chi connectivity index (χ1v) is 10.4. The number of carboxylic acid groups (broad SMARTS) is 1. The maximum absolute atomic E-state index is 12.0. The summed E-state index contributed by atoms with van der Waals surface area (Å²) in [4.78, 5) is 12.0. The quantitative estimate of drug-likeness (QED) is 0.458. The monoisotopic (exact) mass is 452 g/mol. The van der Waals surface area contributed by atoms with Crippen molar-refractivity contribution >= 4 is 5.97 Å². The van der Waals surface area contributed by atoms with Gasteiger partial charge in [-0.2, -0.15) is 0 Å². The van der Waals surface area contributed by atoms with Gasteiger partial charge in [0.2, 0.25) is 5.75 Å². The zero-order valence-corrected chi connectivity index (χ0v) is 18.9. The number of benzene rings is 3. The molecule has 0 saturated heterocycles. The van der Waals surface area contributed by atoms with E-state index in [1.165, 1.54) is 21.3 Å². The summed E-state index contributed by atoms with van der Waals surface area (Å²) in [6.45, 7) is 0.118. The Bertz CT molecular complexity index is 986. The summed E-state index contributed by atoms with van der Waals surface area (Å²) in [7, 11) is 4.61. The molecule has 0 spiro atoms. The summed E-state index contributed by atoms with van der Waals surface area (Å²) in [6, 6.07) is 21.4. The highest BCUT2D eigenvalue weighted by atomic mass is 16.5. The lowest BCUT2D eigenvalue weighted by Crippen LogP contribution is -2.48. The van der Waals surface area contributed by atoms with Gasteiger partial charge in [-0.3, -0.25) is 0 Å². The summed E-state index contributed by atoms with van der Waals surface area (Å²) >= 11 is 0. The molecular formula is C26H28O7. The number of aliphatic hydroxyl groups is 1. The molecule has 0 saturated carbocycles. The van der Waals surface area contributed by atoms with Crippen molar-refractivity contribution in [2.45, 2.75) is 18.1 Å². The second kappa shape index (κ2) is 10.8. The Kier molecular flexibility index (Phi) is 7.92. The highest BCUT2D eigenvalue weighted by Gasteiger charge is 2.46. The van der Waals surface area contributed by atoms with Crippen molar-refractivity contribution in [1.82, 2.24) is 0 Å². The van der Waals surface area contributed by atoms with Crippen molar-refractivity contribution in [3.05, 3.63) is 89.5 Å². The Morgan fingerprint density at radius 2 is 1.33 bits per heavy atom. The molecule has 7 nitrogen and oxygen atoms in total. The van der Waals surface area contributed by atoms with Crippen molar-refractivity contribution in [3.63, 3.8) is 0 Å². The SMILES string of the molecule is COc1cc(CCOC(c2ccccc2)(c2ccccc2)C(O)C(=O)O)cc(OC)c1OC. The molecule has 3 rings (SSSR count). The predicted molar refractivity (Wildman–Crippen MR) is 123 cm³/mol. The number of aliphatic carboxylic acids is 1. The second-order valence-electron chi connectivity index (χ2n) is 7.34. The first-order valence-electron chi connectivity index (χ1n) is 10.4. The molecule has 0 aliphatic heterocycles. The highest BCUT2D eigenvalue weighted by Crippen LogP contribution is 2.40. The lowest BCUT2D eigenvalue weighted by molar-refractivity contribution is -0.167. The van der Waals surface area contributed by atoms with Gasteiger partial charge in [-0.25, -0.2) is 4.79 Å². The van der Waals surface area contributed by atoms with E-state index >= 15 is 0 Å². The summed E-state index contributed by atoms with van der Waals surface area (Å²) < 4.78 is 22.5. The van der Waals surface area contributed by atoms with Crippen LogP contribution >= 0.6 is 0 Å². The van der Waals surface area contributed by atoms with Gasteiger partial charge in [-0.05, 0) is 35.2 Å². The molecule has 7 heteroatoms. The Labute approximate surface area is 193 Å². The summed E-state index contributed by atoms with van der Waals surface area (Å²) in [6.07, 6.45) is -1.42. The van der Waals surface area contributed by atoms with Crippen LogP contribution in [0.3, 0.4) is 0 Å². The predicted octanol–water partition coefficient (Wildman–Crippen LogP) is 3.66. The van der Waals surface area contributed by atoms with Crippen LogP contribution < -0.4 is 14.2 Å². The van der Waals surface area contributed by atoms with E-state index in [0.717, 1.165) is 5.56 Å². The molecule has 1 atom stereocenters. The van der Waals surface area contributed by atoms with Crippen molar-refractivity contribution < 1.29 is 34.0 Å². The zero-order chi connectivity index (χ0) is 23.8. The number of ether oxygens (including phenoxy) is 4. The minimum atomic E-state index is -1.83. The van der Waals surface area contributed by atoms with Gasteiger partial charge >= 0.3 is 5.97 Å². The maximum Gasteiger partial charge on any atom is 0.336 e. The molecular weight excluding hydrogens is 424 g/mol. The molecule has 0 radical (unpaired) electrons. The van der Waals surface area contributed by atoms with Crippen LogP contribution in [0.25, 0.3) is 0 Å². The fourth-order valence-corrected chi connectivity index (χ4v) is 3.88. The van der Waals surface area contributed by atoms with Gasteiger partial charge in [0.15, 0.2) is 23.2 Å². The fourth-order valence-electron chi connectivity index (χ4n) is 3.88. The molecule has 0 aliphatic rings. The van der Waals surface area contributed by atoms with E-state index in [-0.39, 0.29) is 6.61 Å². The van der Waals surface area contributed by atoms with Crippen LogP contribution in [-0.4, -0.2) is 50.2 Å². The van der Waals surface area contributed by atoms with E-state index in [1.807, 2.05) is 24.3 Å².